The van der Waals surface area contributed by atoms with Crippen molar-refractivity contribution in [1.29, 1.82) is 0 Å². The highest BCUT2D eigenvalue weighted by Gasteiger charge is 2.35. The zero-order valence-electron chi connectivity index (χ0n) is 20.8. The first-order valence-electron chi connectivity index (χ1n) is 13.0. The summed E-state index contributed by atoms with van der Waals surface area (Å²) in [6, 6.07) is 0. The van der Waals surface area contributed by atoms with Gasteiger partial charge in [0.25, 0.3) is 0 Å². The number of unbranched alkanes of at least 4 members (excludes halogenated alkanes) is 14. The molecule has 192 valence electrons. The summed E-state index contributed by atoms with van der Waals surface area (Å²) in [4.78, 5) is 33.5. The predicted molar refractivity (Wildman–Crippen MR) is 131 cm³/mol. The maximum absolute atomic E-state index is 11.2. The average molecular weight is 471 g/mol. The second-order valence-electron chi connectivity index (χ2n) is 9.37. The zero-order chi connectivity index (χ0) is 24.8. The fourth-order valence-electron chi connectivity index (χ4n) is 4.31. The molecule has 7 heteroatoms. The van der Waals surface area contributed by atoms with Crippen LogP contribution in [-0.2, 0) is 14.4 Å². The largest absolute Gasteiger partial charge is 0.477 e. The van der Waals surface area contributed by atoms with Gasteiger partial charge in [0.1, 0.15) is 0 Å². The fourth-order valence-corrected chi connectivity index (χ4v) is 4.31. The van der Waals surface area contributed by atoms with E-state index in [-0.39, 0.29) is 6.54 Å². The van der Waals surface area contributed by atoms with E-state index in [4.69, 9.17) is 15.3 Å². The molecule has 0 aliphatic rings. The highest BCUT2D eigenvalue weighted by molar-refractivity contribution is 5.73. The first-order chi connectivity index (χ1) is 15.8. The summed E-state index contributed by atoms with van der Waals surface area (Å²) < 4.78 is -0.450. The van der Waals surface area contributed by atoms with E-state index in [0.717, 1.165) is 25.7 Å². The van der Waals surface area contributed by atoms with Crippen LogP contribution in [0.3, 0.4) is 0 Å². The molecule has 0 aromatic carbocycles. The fraction of sp³-hybridized carbons (Fsp3) is 0.808. The molecule has 0 heterocycles. The molecule has 0 bridgehead atoms. The van der Waals surface area contributed by atoms with Crippen LogP contribution in [0.15, 0.2) is 12.2 Å². The summed E-state index contributed by atoms with van der Waals surface area (Å²) in [5.74, 6) is -3.53. The summed E-state index contributed by atoms with van der Waals surface area (Å²) in [6.07, 6.45) is 23.6. The summed E-state index contributed by atoms with van der Waals surface area (Å²) in [5, 5.41) is 27.3. The second-order valence-corrected chi connectivity index (χ2v) is 9.37. The van der Waals surface area contributed by atoms with E-state index in [1.54, 1.807) is 0 Å². The molecule has 0 spiro atoms. The number of hydrogen-bond donors (Lipinski definition) is 3. The molecule has 0 atom stereocenters. The summed E-state index contributed by atoms with van der Waals surface area (Å²) in [6.45, 7) is 1.03. The second kappa shape index (κ2) is 20.7. The summed E-state index contributed by atoms with van der Waals surface area (Å²) in [5.41, 5.74) is 0. The standard InChI is InChI=1S/C26H47NO6/c1-2-3-4-5-6-7-8-9-10-11-12-13-14-15-16-17-18-19-20-27(21-24(28)29,22-25(30)31)23-26(32)33/h14-15H,2-13,16-23H2,1H3,(H2-,28,29,30,31,32,33)/p+1/b15-14+. The molecule has 0 aliphatic carbocycles. The summed E-state index contributed by atoms with van der Waals surface area (Å²) >= 11 is 0. The molecule has 7 nitrogen and oxygen atoms in total. The zero-order valence-corrected chi connectivity index (χ0v) is 20.8. The molecule has 0 fully saturated rings. The van der Waals surface area contributed by atoms with Gasteiger partial charge in [0, 0.05) is 0 Å². The van der Waals surface area contributed by atoms with Gasteiger partial charge in [-0.15, -0.1) is 0 Å². The molecule has 0 amide bonds. The van der Waals surface area contributed by atoms with Gasteiger partial charge in [0.2, 0.25) is 0 Å². The number of carboxylic acid groups (broad SMARTS) is 3. The number of nitrogens with zero attached hydrogens (tertiary/aromatic N) is 1. The maximum Gasteiger partial charge on any atom is 0.359 e. The van der Waals surface area contributed by atoms with Crippen molar-refractivity contribution >= 4 is 17.9 Å². The topological polar surface area (TPSA) is 112 Å². The smallest absolute Gasteiger partial charge is 0.359 e. The Morgan fingerprint density at radius 1 is 0.545 bits per heavy atom. The number of carbonyl (C=O) groups is 3. The van der Waals surface area contributed by atoms with Gasteiger partial charge < -0.3 is 15.3 Å². The van der Waals surface area contributed by atoms with Crippen molar-refractivity contribution in [2.75, 3.05) is 26.2 Å². The Balaban J connectivity index is 3.84. The van der Waals surface area contributed by atoms with Gasteiger partial charge in [-0.25, -0.2) is 14.4 Å². The van der Waals surface area contributed by atoms with E-state index in [9.17, 15) is 14.4 Å². The number of rotatable bonds is 24. The molecular weight excluding hydrogens is 422 g/mol. The number of carboxylic acids is 3. The van der Waals surface area contributed by atoms with Crippen molar-refractivity contribution in [2.24, 2.45) is 0 Å². The van der Waals surface area contributed by atoms with Crippen LogP contribution in [0.5, 0.6) is 0 Å². The number of aliphatic carboxylic acids is 3. The monoisotopic (exact) mass is 470 g/mol. The molecular formula is C26H48NO6+. The van der Waals surface area contributed by atoms with E-state index in [0.29, 0.717) is 6.42 Å². The Bertz CT molecular complexity index is 520. The van der Waals surface area contributed by atoms with Gasteiger partial charge in [-0.2, -0.15) is 0 Å². The van der Waals surface area contributed by atoms with Gasteiger partial charge in [0.05, 0.1) is 6.54 Å². The van der Waals surface area contributed by atoms with Crippen molar-refractivity contribution in [2.45, 2.75) is 110 Å². The van der Waals surface area contributed by atoms with Gasteiger partial charge >= 0.3 is 17.9 Å². The molecule has 0 aliphatic heterocycles. The Kier molecular flexibility index (Phi) is 19.5. The third-order valence-electron chi connectivity index (χ3n) is 6.06. The van der Waals surface area contributed by atoms with Crippen LogP contribution in [0.25, 0.3) is 0 Å². The third kappa shape index (κ3) is 20.4. The molecule has 0 unspecified atom stereocenters. The predicted octanol–water partition coefficient (Wildman–Crippen LogP) is 5.87. The van der Waals surface area contributed by atoms with Crippen LogP contribution in [0.4, 0.5) is 0 Å². The molecule has 0 aromatic rings. The van der Waals surface area contributed by atoms with Gasteiger partial charge in [-0.1, -0.05) is 83.3 Å². The van der Waals surface area contributed by atoms with E-state index >= 15 is 0 Å². The molecule has 0 radical (unpaired) electrons. The first-order valence-corrected chi connectivity index (χ1v) is 13.0. The van der Waals surface area contributed by atoms with Gasteiger partial charge in [0.15, 0.2) is 19.6 Å². The minimum atomic E-state index is -1.18. The normalized spacial score (nSPS) is 11.8. The van der Waals surface area contributed by atoms with Gasteiger partial charge in [-0.05, 0) is 38.5 Å². The van der Waals surface area contributed by atoms with Crippen LogP contribution in [0.2, 0.25) is 0 Å². The van der Waals surface area contributed by atoms with Crippen molar-refractivity contribution in [3.63, 3.8) is 0 Å². The number of quaternary nitrogens is 1. The van der Waals surface area contributed by atoms with Crippen molar-refractivity contribution in [3.8, 4) is 0 Å². The van der Waals surface area contributed by atoms with Crippen molar-refractivity contribution in [1.82, 2.24) is 0 Å². The molecule has 0 saturated heterocycles. The number of allylic oxidation sites excluding steroid dienone is 2. The van der Waals surface area contributed by atoms with E-state index in [1.165, 1.54) is 70.6 Å². The minimum absolute atomic E-state index is 0.243. The summed E-state index contributed by atoms with van der Waals surface area (Å²) in [7, 11) is 0. The Hall–Kier alpha value is -1.89. The lowest BCUT2D eigenvalue weighted by molar-refractivity contribution is -0.907. The third-order valence-corrected chi connectivity index (χ3v) is 6.06. The molecule has 33 heavy (non-hydrogen) atoms. The Morgan fingerprint density at radius 3 is 1.24 bits per heavy atom. The van der Waals surface area contributed by atoms with Crippen LogP contribution >= 0.6 is 0 Å². The highest BCUT2D eigenvalue weighted by Crippen LogP contribution is 2.14. The van der Waals surface area contributed by atoms with E-state index in [1.807, 2.05) is 0 Å². The van der Waals surface area contributed by atoms with E-state index < -0.39 is 42.0 Å². The van der Waals surface area contributed by atoms with Crippen LogP contribution < -0.4 is 0 Å². The lowest BCUT2D eigenvalue weighted by Gasteiger charge is -2.34. The molecule has 0 aromatic heterocycles. The SMILES string of the molecule is CCCCCCCCCCCCC/C=C/CCCCC[N+](CC(=O)O)(CC(=O)O)CC(=O)O. The van der Waals surface area contributed by atoms with Crippen molar-refractivity contribution < 1.29 is 34.2 Å². The van der Waals surface area contributed by atoms with Crippen molar-refractivity contribution in [3.05, 3.63) is 12.2 Å². The minimum Gasteiger partial charge on any atom is -0.477 e. The first kappa shape index (κ1) is 31.1. The van der Waals surface area contributed by atoms with Crippen LogP contribution in [-0.4, -0.2) is 63.9 Å². The Morgan fingerprint density at radius 2 is 0.879 bits per heavy atom. The lowest BCUT2D eigenvalue weighted by atomic mass is 10.1. The molecule has 3 N–H and O–H groups in total. The van der Waals surface area contributed by atoms with E-state index in [2.05, 4.69) is 19.1 Å². The maximum atomic E-state index is 11.2. The van der Waals surface area contributed by atoms with Crippen LogP contribution in [0, 0.1) is 0 Å². The Labute approximate surface area is 200 Å². The molecule has 0 saturated carbocycles. The average Bonchev–Trinajstić information content (AvgIpc) is 2.71. The highest BCUT2D eigenvalue weighted by atomic mass is 16.4. The van der Waals surface area contributed by atoms with Crippen LogP contribution in [0.1, 0.15) is 110 Å². The quantitative estimate of drug-likeness (QED) is 0.0923. The van der Waals surface area contributed by atoms with Gasteiger partial charge in [-0.3, -0.25) is 4.48 Å². The number of hydrogen-bond acceptors (Lipinski definition) is 3. The molecule has 0 rings (SSSR count). The lowest BCUT2D eigenvalue weighted by Crippen LogP contribution is -2.57.